The molecule has 1 aliphatic carbocycles. The van der Waals surface area contributed by atoms with Crippen LogP contribution in [0.2, 0.25) is 0 Å². The summed E-state index contributed by atoms with van der Waals surface area (Å²) in [7, 11) is 0. The van der Waals surface area contributed by atoms with Crippen molar-refractivity contribution in [1.29, 1.82) is 5.26 Å². The van der Waals surface area contributed by atoms with Crippen LogP contribution in [0.1, 0.15) is 18.4 Å². The van der Waals surface area contributed by atoms with Crippen molar-refractivity contribution in [2.75, 3.05) is 5.32 Å². The number of aromatic nitrogens is 1. The summed E-state index contributed by atoms with van der Waals surface area (Å²) in [6.45, 7) is 2.02. The molecule has 90 valence electrons. The minimum atomic E-state index is -0.798. The molecule has 0 aliphatic heterocycles. The third-order valence-corrected chi connectivity index (χ3v) is 4.10. The van der Waals surface area contributed by atoms with Gasteiger partial charge >= 0.3 is 0 Å². The van der Waals surface area contributed by atoms with Gasteiger partial charge in [0.25, 0.3) is 0 Å². The number of aryl methyl sites for hydroxylation is 1. The minimum Gasteiger partial charge on any atom is -0.301 e. The highest BCUT2D eigenvalue weighted by Gasteiger charge is 2.50. The van der Waals surface area contributed by atoms with Crippen molar-refractivity contribution in [2.24, 2.45) is 5.41 Å². The number of amides is 1. The van der Waals surface area contributed by atoms with Gasteiger partial charge in [0.05, 0.1) is 16.3 Å². The summed E-state index contributed by atoms with van der Waals surface area (Å²) in [5, 5.41) is 12.3. The summed E-state index contributed by atoms with van der Waals surface area (Å²) in [5.74, 6) is -0.222. The number of fused-ring (bicyclic) bond motifs is 1. The Labute approximate surface area is 108 Å². The van der Waals surface area contributed by atoms with Crippen molar-refractivity contribution in [2.45, 2.75) is 19.8 Å². The summed E-state index contributed by atoms with van der Waals surface area (Å²) >= 11 is 1.44. The molecule has 4 nitrogen and oxygen atoms in total. The van der Waals surface area contributed by atoms with Crippen LogP contribution in [0.3, 0.4) is 0 Å². The highest BCUT2D eigenvalue weighted by molar-refractivity contribution is 7.22. The Balaban J connectivity index is 1.87. The van der Waals surface area contributed by atoms with E-state index >= 15 is 0 Å². The zero-order chi connectivity index (χ0) is 12.8. The molecule has 1 amide bonds. The molecule has 2 aromatic rings. The van der Waals surface area contributed by atoms with Crippen LogP contribution in [-0.2, 0) is 4.79 Å². The third-order valence-electron chi connectivity index (χ3n) is 3.16. The van der Waals surface area contributed by atoms with Gasteiger partial charge in [-0.3, -0.25) is 4.79 Å². The first kappa shape index (κ1) is 11.2. The maximum absolute atomic E-state index is 11.9. The molecule has 0 atom stereocenters. The Kier molecular flexibility index (Phi) is 2.35. The van der Waals surface area contributed by atoms with Crippen molar-refractivity contribution < 1.29 is 4.79 Å². The normalized spacial score (nSPS) is 16.2. The molecule has 1 aromatic carbocycles. The quantitative estimate of drug-likeness (QED) is 0.899. The van der Waals surface area contributed by atoms with Crippen LogP contribution in [0.4, 0.5) is 5.13 Å². The van der Waals surface area contributed by atoms with E-state index in [4.69, 9.17) is 5.26 Å². The first-order valence-corrected chi connectivity index (χ1v) is 6.54. The number of nitrogens with one attached hydrogen (secondary N) is 1. The zero-order valence-corrected chi connectivity index (χ0v) is 10.7. The molecular weight excluding hydrogens is 246 g/mol. The lowest BCUT2D eigenvalue weighted by Crippen LogP contribution is -2.22. The van der Waals surface area contributed by atoms with Gasteiger partial charge in [0, 0.05) is 0 Å². The van der Waals surface area contributed by atoms with Gasteiger partial charge in [0.1, 0.15) is 5.41 Å². The Morgan fingerprint density at radius 3 is 3.00 bits per heavy atom. The van der Waals surface area contributed by atoms with Crippen LogP contribution in [0.15, 0.2) is 18.2 Å². The Morgan fingerprint density at radius 2 is 2.33 bits per heavy atom. The smallest absolute Gasteiger partial charge is 0.246 e. The number of benzene rings is 1. The molecule has 1 N–H and O–H groups in total. The van der Waals surface area contributed by atoms with Gasteiger partial charge in [-0.15, -0.1) is 0 Å². The molecule has 0 radical (unpaired) electrons. The first-order valence-electron chi connectivity index (χ1n) is 5.73. The molecule has 1 aliphatic rings. The summed E-state index contributed by atoms with van der Waals surface area (Å²) in [6.07, 6.45) is 1.30. The third kappa shape index (κ3) is 1.75. The fraction of sp³-hybridized carbons (Fsp3) is 0.308. The molecule has 1 heterocycles. The van der Waals surface area contributed by atoms with E-state index in [2.05, 4.69) is 16.4 Å². The molecule has 0 spiro atoms. The molecule has 1 saturated carbocycles. The van der Waals surface area contributed by atoms with E-state index in [1.54, 1.807) is 0 Å². The summed E-state index contributed by atoms with van der Waals surface area (Å²) in [4.78, 5) is 16.3. The van der Waals surface area contributed by atoms with Crippen LogP contribution in [0.25, 0.3) is 10.2 Å². The SMILES string of the molecule is Cc1ccc2nc(NC(=O)C3(C#N)CC3)sc2c1. The van der Waals surface area contributed by atoms with Crippen molar-refractivity contribution in [3.63, 3.8) is 0 Å². The van der Waals surface area contributed by atoms with Crippen LogP contribution < -0.4 is 5.32 Å². The Bertz CT molecular complexity index is 679. The monoisotopic (exact) mass is 257 g/mol. The fourth-order valence-electron chi connectivity index (χ4n) is 1.82. The van der Waals surface area contributed by atoms with Crippen molar-refractivity contribution in [3.05, 3.63) is 23.8 Å². The van der Waals surface area contributed by atoms with Gasteiger partial charge in [-0.1, -0.05) is 17.4 Å². The predicted molar refractivity (Wildman–Crippen MR) is 70.3 cm³/mol. The van der Waals surface area contributed by atoms with E-state index in [0.717, 1.165) is 10.2 Å². The number of rotatable bonds is 2. The lowest BCUT2D eigenvalue weighted by molar-refractivity contribution is -0.119. The highest BCUT2D eigenvalue weighted by atomic mass is 32.1. The molecular formula is C13H11N3OS. The molecule has 0 saturated heterocycles. The number of nitrogens with zero attached hydrogens (tertiary/aromatic N) is 2. The highest BCUT2D eigenvalue weighted by Crippen LogP contribution is 2.46. The van der Waals surface area contributed by atoms with Crippen molar-refractivity contribution in [1.82, 2.24) is 4.98 Å². The van der Waals surface area contributed by atoms with Crippen molar-refractivity contribution in [3.8, 4) is 6.07 Å². The van der Waals surface area contributed by atoms with Gasteiger partial charge in [0.2, 0.25) is 5.91 Å². The van der Waals surface area contributed by atoms with Crippen molar-refractivity contribution >= 4 is 32.6 Å². The number of carbonyl (C=O) groups is 1. The van der Waals surface area contributed by atoms with E-state index < -0.39 is 5.41 Å². The predicted octanol–water partition coefficient (Wildman–Crippen LogP) is 2.85. The largest absolute Gasteiger partial charge is 0.301 e. The summed E-state index contributed by atoms with van der Waals surface area (Å²) in [5.41, 5.74) is 1.25. The van der Waals surface area contributed by atoms with Gasteiger partial charge in [-0.05, 0) is 37.5 Å². The number of hydrogen-bond donors (Lipinski definition) is 1. The summed E-state index contributed by atoms with van der Waals surface area (Å²) < 4.78 is 1.05. The van der Waals surface area contributed by atoms with Gasteiger partial charge in [-0.2, -0.15) is 5.26 Å². The van der Waals surface area contributed by atoms with E-state index in [1.807, 2.05) is 25.1 Å². The molecule has 18 heavy (non-hydrogen) atoms. The molecule has 1 aromatic heterocycles. The minimum absolute atomic E-state index is 0.222. The fourth-order valence-corrected chi connectivity index (χ4v) is 2.78. The lowest BCUT2D eigenvalue weighted by Gasteiger charge is -2.03. The first-order chi connectivity index (χ1) is 8.63. The number of nitriles is 1. The topological polar surface area (TPSA) is 65.8 Å². The molecule has 0 unspecified atom stereocenters. The van der Waals surface area contributed by atoms with E-state index in [1.165, 1.54) is 16.9 Å². The van der Waals surface area contributed by atoms with Crippen LogP contribution in [0.5, 0.6) is 0 Å². The Hall–Kier alpha value is -1.93. The second-order valence-corrected chi connectivity index (χ2v) is 5.67. The number of anilines is 1. The number of carbonyl (C=O) groups excluding carboxylic acids is 1. The van der Waals surface area contributed by atoms with Crippen LogP contribution in [-0.4, -0.2) is 10.9 Å². The second-order valence-electron chi connectivity index (χ2n) is 4.64. The maximum Gasteiger partial charge on any atom is 0.246 e. The van der Waals surface area contributed by atoms with Crippen LogP contribution >= 0.6 is 11.3 Å². The lowest BCUT2D eigenvalue weighted by atomic mass is 10.1. The molecule has 1 fully saturated rings. The average Bonchev–Trinajstić information content (AvgIpc) is 3.05. The number of thiazole rings is 1. The van der Waals surface area contributed by atoms with Gasteiger partial charge in [0.15, 0.2) is 5.13 Å². The average molecular weight is 257 g/mol. The zero-order valence-electron chi connectivity index (χ0n) is 9.86. The standard InChI is InChI=1S/C13H11N3OS/c1-8-2-3-9-10(6-8)18-12(15-9)16-11(17)13(7-14)4-5-13/h2-3,6H,4-5H2,1H3,(H,15,16,17). The number of hydrogen-bond acceptors (Lipinski definition) is 4. The van der Waals surface area contributed by atoms with Gasteiger partial charge < -0.3 is 5.32 Å². The van der Waals surface area contributed by atoms with E-state index in [0.29, 0.717) is 18.0 Å². The molecule has 0 bridgehead atoms. The Morgan fingerprint density at radius 1 is 1.56 bits per heavy atom. The van der Waals surface area contributed by atoms with E-state index in [-0.39, 0.29) is 5.91 Å². The second kappa shape index (κ2) is 3.79. The maximum atomic E-state index is 11.9. The van der Waals surface area contributed by atoms with Crippen LogP contribution in [0, 0.1) is 23.7 Å². The molecule has 3 rings (SSSR count). The van der Waals surface area contributed by atoms with E-state index in [9.17, 15) is 4.79 Å². The molecule has 5 heteroatoms. The van der Waals surface area contributed by atoms with Gasteiger partial charge in [-0.25, -0.2) is 4.98 Å². The summed E-state index contributed by atoms with van der Waals surface area (Å²) in [6, 6.07) is 8.05.